The predicted octanol–water partition coefficient (Wildman–Crippen LogP) is 3.93. The number of imidazole rings is 1. The lowest BCUT2D eigenvalue weighted by Crippen LogP contribution is -2.30. The molecule has 0 fully saturated rings. The number of benzene rings is 3. The molecule has 2 amide bonds. The topological polar surface area (TPSA) is 111 Å². The van der Waals surface area contributed by atoms with Crippen LogP contribution in [0.1, 0.15) is 43.4 Å². The van der Waals surface area contributed by atoms with Gasteiger partial charge in [-0.25, -0.2) is 4.98 Å². The minimum atomic E-state index is -0.442. The number of nitrogens with zero attached hydrogens (tertiary/aromatic N) is 5. The number of imide groups is 1. The highest BCUT2D eigenvalue weighted by Gasteiger charge is 2.36. The van der Waals surface area contributed by atoms with Crippen molar-refractivity contribution < 1.29 is 14.5 Å². The van der Waals surface area contributed by atoms with Crippen molar-refractivity contribution in [3.05, 3.63) is 123 Å². The highest BCUT2D eigenvalue weighted by atomic mass is 16.6. The van der Waals surface area contributed by atoms with Crippen LogP contribution in [0.25, 0.3) is 5.69 Å². The number of carbonyl (C=O) groups excluding carboxylic acids is 2. The van der Waals surface area contributed by atoms with Gasteiger partial charge in [0.15, 0.2) is 0 Å². The van der Waals surface area contributed by atoms with E-state index in [-0.39, 0.29) is 30.6 Å². The van der Waals surface area contributed by atoms with Crippen molar-refractivity contribution in [2.75, 3.05) is 0 Å². The van der Waals surface area contributed by atoms with Crippen LogP contribution in [-0.2, 0) is 13.1 Å². The first-order valence-corrected chi connectivity index (χ1v) is 10.9. The van der Waals surface area contributed by atoms with E-state index < -0.39 is 4.92 Å². The largest absolute Gasteiger partial charge is 0.297 e. The van der Waals surface area contributed by atoms with Crippen LogP contribution in [0.5, 0.6) is 0 Å². The number of carbonyl (C=O) groups is 2. The van der Waals surface area contributed by atoms with E-state index in [0.29, 0.717) is 39.6 Å². The van der Waals surface area contributed by atoms with Gasteiger partial charge in [-0.05, 0) is 18.2 Å². The van der Waals surface area contributed by atoms with Crippen LogP contribution >= 0.6 is 0 Å². The van der Waals surface area contributed by atoms with Gasteiger partial charge in [-0.1, -0.05) is 42.5 Å². The molecule has 1 aromatic heterocycles. The van der Waals surface area contributed by atoms with Gasteiger partial charge in [0.25, 0.3) is 17.5 Å². The minimum Gasteiger partial charge on any atom is -0.297 e. The Bertz CT molecular complexity index is 1540. The molecule has 2 aliphatic heterocycles. The van der Waals surface area contributed by atoms with Crippen LogP contribution in [0.3, 0.4) is 0 Å². The Kier molecular flexibility index (Phi) is 4.63. The molecule has 0 N–H and O–H groups in total. The molecule has 0 atom stereocenters. The van der Waals surface area contributed by atoms with Crippen molar-refractivity contribution in [3.63, 3.8) is 0 Å². The molecule has 2 aliphatic rings. The first-order chi connectivity index (χ1) is 17.0. The number of aliphatic imine (C=N–C) groups is 1. The molecule has 6 rings (SSSR count). The third-order valence-electron chi connectivity index (χ3n) is 6.22. The first-order valence-electron chi connectivity index (χ1n) is 10.9. The van der Waals surface area contributed by atoms with Crippen molar-refractivity contribution in [1.29, 1.82) is 0 Å². The Labute approximate surface area is 199 Å². The molecular weight excluding hydrogens is 446 g/mol. The molecule has 170 valence electrons. The molecule has 0 saturated carbocycles. The molecule has 0 radical (unpaired) electrons. The normalized spacial score (nSPS) is 14.2. The van der Waals surface area contributed by atoms with E-state index in [2.05, 4.69) is 4.98 Å². The van der Waals surface area contributed by atoms with Crippen LogP contribution < -0.4 is 0 Å². The number of amides is 2. The molecular formula is C26H17N5O4. The van der Waals surface area contributed by atoms with Crippen molar-refractivity contribution in [2.45, 2.75) is 13.1 Å². The molecule has 3 heterocycles. The van der Waals surface area contributed by atoms with Crippen molar-refractivity contribution in [3.8, 4) is 5.69 Å². The number of non-ortho nitro benzene ring substituents is 1. The van der Waals surface area contributed by atoms with E-state index in [4.69, 9.17) is 4.99 Å². The van der Waals surface area contributed by atoms with E-state index in [1.807, 2.05) is 34.9 Å². The van der Waals surface area contributed by atoms with Gasteiger partial charge in [0.1, 0.15) is 5.82 Å². The van der Waals surface area contributed by atoms with Crippen LogP contribution in [0, 0.1) is 10.1 Å². The lowest BCUT2D eigenvalue weighted by atomic mass is 9.99. The molecule has 0 unspecified atom stereocenters. The summed E-state index contributed by atoms with van der Waals surface area (Å²) in [6.07, 6.45) is 1.62. The zero-order chi connectivity index (χ0) is 24.1. The van der Waals surface area contributed by atoms with Crippen molar-refractivity contribution in [1.82, 2.24) is 14.5 Å². The lowest BCUT2D eigenvalue weighted by Gasteiger charge is -2.18. The van der Waals surface area contributed by atoms with Crippen molar-refractivity contribution >= 4 is 23.2 Å². The maximum Gasteiger partial charge on any atom is 0.270 e. The van der Waals surface area contributed by atoms with E-state index in [1.165, 1.54) is 17.0 Å². The summed E-state index contributed by atoms with van der Waals surface area (Å²) in [7, 11) is 0. The second-order valence-electron chi connectivity index (χ2n) is 8.23. The fraction of sp³-hybridized carbons (Fsp3) is 0.0769. The standard InChI is InChI=1S/C26H17N5O4/c32-25-19-8-4-5-9-20(19)26(33)29(25)15-18-13-27-23-14-28-24(16-6-2-1-3-7-16)21-12-17(31(34)35)10-11-22(21)30(18)23/h1-13H,14-15H2. The van der Waals surface area contributed by atoms with Gasteiger partial charge in [0.05, 0.1) is 52.4 Å². The maximum atomic E-state index is 12.9. The quantitative estimate of drug-likeness (QED) is 0.259. The molecule has 35 heavy (non-hydrogen) atoms. The Morgan fingerprint density at radius 2 is 1.57 bits per heavy atom. The number of nitro groups is 1. The zero-order valence-corrected chi connectivity index (χ0v) is 18.3. The SMILES string of the molecule is O=C1c2ccccc2C(=O)N1Cc1cnc2n1-c1ccc([N+](=O)[O-])cc1C(c1ccccc1)=NC2. The third-order valence-corrected chi connectivity index (χ3v) is 6.22. The van der Waals surface area contributed by atoms with Crippen molar-refractivity contribution in [2.24, 2.45) is 4.99 Å². The van der Waals surface area contributed by atoms with Crippen LogP contribution in [0.2, 0.25) is 0 Å². The number of aromatic nitrogens is 2. The molecule has 0 spiro atoms. The smallest absolute Gasteiger partial charge is 0.270 e. The molecule has 9 heteroatoms. The summed E-state index contributed by atoms with van der Waals surface area (Å²) in [5.74, 6) is -0.113. The van der Waals surface area contributed by atoms with E-state index in [1.54, 1.807) is 36.5 Å². The molecule has 4 aromatic rings. The third kappa shape index (κ3) is 3.24. The molecule has 9 nitrogen and oxygen atoms in total. The average Bonchev–Trinajstić information content (AvgIpc) is 3.33. The number of hydrogen-bond donors (Lipinski definition) is 0. The van der Waals surface area contributed by atoms with Gasteiger partial charge >= 0.3 is 0 Å². The highest BCUT2D eigenvalue weighted by molar-refractivity contribution is 6.21. The summed E-state index contributed by atoms with van der Waals surface area (Å²) in [6.45, 7) is 0.241. The van der Waals surface area contributed by atoms with E-state index in [0.717, 1.165) is 5.56 Å². The number of nitro benzene ring substituents is 1. The Morgan fingerprint density at radius 3 is 2.26 bits per heavy atom. The highest BCUT2D eigenvalue weighted by Crippen LogP contribution is 2.31. The summed E-state index contributed by atoms with van der Waals surface area (Å²) >= 11 is 0. The summed E-state index contributed by atoms with van der Waals surface area (Å²) in [4.78, 5) is 47.5. The van der Waals surface area contributed by atoms with Gasteiger partial charge in [0.2, 0.25) is 0 Å². The van der Waals surface area contributed by atoms with Gasteiger partial charge < -0.3 is 0 Å². The predicted molar refractivity (Wildman–Crippen MR) is 127 cm³/mol. The maximum absolute atomic E-state index is 12.9. The lowest BCUT2D eigenvalue weighted by molar-refractivity contribution is -0.384. The first kappa shape index (κ1) is 20.7. The fourth-order valence-electron chi connectivity index (χ4n) is 4.59. The molecule has 0 aliphatic carbocycles. The van der Waals surface area contributed by atoms with Gasteiger partial charge in [-0.2, -0.15) is 0 Å². The Hall–Kier alpha value is -4.92. The Morgan fingerprint density at radius 1 is 0.886 bits per heavy atom. The van der Waals surface area contributed by atoms with Gasteiger partial charge in [-0.15, -0.1) is 0 Å². The number of rotatable bonds is 4. The molecule has 3 aromatic carbocycles. The molecule has 0 saturated heterocycles. The second kappa shape index (κ2) is 7.84. The fourth-order valence-corrected chi connectivity index (χ4v) is 4.59. The monoisotopic (exact) mass is 463 g/mol. The van der Waals surface area contributed by atoms with Crippen LogP contribution in [0.15, 0.2) is 84.0 Å². The average molecular weight is 463 g/mol. The number of hydrogen-bond acceptors (Lipinski definition) is 6. The zero-order valence-electron chi connectivity index (χ0n) is 18.3. The van der Waals surface area contributed by atoms with Gasteiger partial charge in [0, 0.05) is 23.3 Å². The Balaban J connectivity index is 1.47. The summed E-state index contributed by atoms with van der Waals surface area (Å²) in [6, 6.07) is 20.8. The summed E-state index contributed by atoms with van der Waals surface area (Å²) in [5.41, 5.74) is 3.95. The summed E-state index contributed by atoms with van der Waals surface area (Å²) < 4.78 is 1.84. The summed E-state index contributed by atoms with van der Waals surface area (Å²) in [5, 5.41) is 11.6. The van der Waals surface area contributed by atoms with Gasteiger partial charge in [-0.3, -0.25) is 34.2 Å². The molecule has 0 bridgehead atoms. The van der Waals surface area contributed by atoms with E-state index in [9.17, 15) is 19.7 Å². The van der Waals surface area contributed by atoms with Crippen LogP contribution in [-0.4, -0.2) is 36.9 Å². The number of fused-ring (bicyclic) bond motifs is 4. The minimum absolute atomic E-state index is 0.0104. The van der Waals surface area contributed by atoms with E-state index >= 15 is 0 Å². The second-order valence-corrected chi connectivity index (χ2v) is 8.23. The van der Waals surface area contributed by atoms with Crippen LogP contribution in [0.4, 0.5) is 5.69 Å².